The number of ketones is 1. The summed E-state index contributed by atoms with van der Waals surface area (Å²) in [6.45, 7) is 2.82. The molecule has 32 heavy (non-hydrogen) atoms. The van der Waals surface area contributed by atoms with Crippen molar-refractivity contribution in [3.05, 3.63) is 118 Å². The lowest BCUT2D eigenvalue weighted by Gasteiger charge is -2.22. The lowest BCUT2D eigenvalue weighted by Crippen LogP contribution is -2.17. The van der Waals surface area contributed by atoms with Crippen LogP contribution in [0.2, 0.25) is 0 Å². The average Bonchev–Trinajstić information content (AvgIpc) is 3.17. The highest BCUT2D eigenvalue weighted by atomic mass is 35.6. The van der Waals surface area contributed by atoms with Crippen LogP contribution in [0.15, 0.2) is 96.0 Å². The molecule has 0 atom stereocenters. The molecule has 0 aliphatic carbocycles. The minimum atomic E-state index is -1.51. The first kappa shape index (κ1) is 23.0. The number of hydrogen-bond donors (Lipinski definition) is 0. The number of halogens is 3. The van der Waals surface area contributed by atoms with Crippen LogP contribution in [0.4, 0.5) is 0 Å². The summed E-state index contributed by atoms with van der Waals surface area (Å²) in [6, 6.07) is 27.2. The van der Waals surface area contributed by atoms with Crippen LogP contribution in [0.25, 0.3) is 10.6 Å². The van der Waals surface area contributed by atoms with Crippen LogP contribution >= 0.6 is 46.6 Å². The van der Waals surface area contributed by atoms with E-state index in [1.807, 2.05) is 36.4 Å². The van der Waals surface area contributed by atoms with Gasteiger partial charge in [0.1, 0.15) is 0 Å². The molecule has 0 unspecified atom stereocenters. The van der Waals surface area contributed by atoms with E-state index in [9.17, 15) is 4.79 Å². The maximum atomic E-state index is 13.1. The highest BCUT2D eigenvalue weighted by molar-refractivity contribution is 8.12. The molecule has 1 aliphatic heterocycles. The Bertz CT molecular complexity index is 1170. The lowest BCUT2D eigenvalue weighted by molar-refractivity contribution is 0.104. The second-order valence-electron chi connectivity index (χ2n) is 7.18. The Morgan fingerprint density at radius 3 is 1.97 bits per heavy atom. The fourth-order valence-corrected chi connectivity index (χ4v) is 5.21. The number of nitrogens with zero attached hydrogens (tertiary/aromatic N) is 1. The molecule has 0 spiro atoms. The zero-order chi connectivity index (χ0) is 22.7. The monoisotopic (exact) mass is 499 g/mol. The molecular formula is C26H20Cl3NOS. The van der Waals surface area contributed by atoms with Gasteiger partial charge in [-0.2, -0.15) is 0 Å². The first-order valence-electron chi connectivity index (χ1n) is 10.1. The molecule has 0 fully saturated rings. The topological polar surface area (TPSA) is 20.3 Å². The largest absolute Gasteiger partial charge is 0.335 e. The highest BCUT2D eigenvalue weighted by Crippen LogP contribution is 2.50. The fourth-order valence-electron chi connectivity index (χ4n) is 3.55. The van der Waals surface area contributed by atoms with Crippen LogP contribution in [0.5, 0.6) is 0 Å². The number of thioether (sulfide) groups is 1. The van der Waals surface area contributed by atoms with Gasteiger partial charge in [0.15, 0.2) is 5.78 Å². The molecule has 3 aromatic carbocycles. The lowest BCUT2D eigenvalue weighted by atomic mass is 10.1. The van der Waals surface area contributed by atoms with Crippen LogP contribution in [0.3, 0.4) is 0 Å². The van der Waals surface area contributed by atoms with Gasteiger partial charge >= 0.3 is 0 Å². The molecule has 0 saturated heterocycles. The van der Waals surface area contributed by atoms with Crippen molar-refractivity contribution in [2.24, 2.45) is 0 Å². The van der Waals surface area contributed by atoms with E-state index in [0.29, 0.717) is 11.1 Å². The van der Waals surface area contributed by atoms with E-state index in [4.69, 9.17) is 34.8 Å². The van der Waals surface area contributed by atoms with E-state index >= 15 is 0 Å². The molecule has 1 heterocycles. The number of alkyl halides is 3. The van der Waals surface area contributed by atoms with E-state index in [1.54, 1.807) is 42.1 Å². The van der Waals surface area contributed by atoms with E-state index in [-0.39, 0.29) is 5.78 Å². The highest BCUT2D eigenvalue weighted by Gasteiger charge is 2.30. The summed E-state index contributed by atoms with van der Waals surface area (Å²) in [5.74, 6) is -0.0939. The van der Waals surface area contributed by atoms with Crippen LogP contribution in [-0.2, 0) is 3.79 Å². The van der Waals surface area contributed by atoms with Gasteiger partial charge in [0.25, 0.3) is 0 Å². The molecule has 3 aromatic rings. The Hall–Kier alpha value is -2.17. The molecule has 0 amide bonds. The maximum Gasteiger partial charge on any atom is 0.216 e. The summed E-state index contributed by atoms with van der Waals surface area (Å²) in [7, 11) is 0. The molecule has 0 aromatic heterocycles. The molecule has 6 heteroatoms. The Morgan fingerprint density at radius 1 is 0.875 bits per heavy atom. The summed E-state index contributed by atoms with van der Waals surface area (Å²) < 4.78 is -1.51. The van der Waals surface area contributed by atoms with Gasteiger partial charge in [0, 0.05) is 28.7 Å². The Labute approximate surface area is 207 Å². The molecule has 0 radical (unpaired) electrons. The van der Waals surface area contributed by atoms with Gasteiger partial charge in [-0.15, -0.1) is 0 Å². The van der Waals surface area contributed by atoms with Gasteiger partial charge < -0.3 is 4.90 Å². The first-order chi connectivity index (χ1) is 15.4. The van der Waals surface area contributed by atoms with Gasteiger partial charge in [-0.3, -0.25) is 4.79 Å². The molecule has 162 valence electrons. The van der Waals surface area contributed by atoms with Crippen LogP contribution in [0, 0.1) is 0 Å². The predicted octanol–water partition coefficient (Wildman–Crippen LogP) is 8.13. The molecule has 1 aliphatic rings. The normalized spacial score (nSPS) is 15.5. The van der Waals surface area contributed by atoms with Crippen molar-refractivity contribution in [1.82, 2.24) is 4.90 Å². The zero-order valence-electron chi connectivity index (χ0n) is 17.3. The third-order valence-corrected chi connectivity index (χ3v) is 6.94. The van der Waals surface area contributed by atoms with Crippen molar-refractivity contribution >= 4 is 63.0 Å². The quantitative estimate of drug-likeness (QED) is 0.200. The van der Waals surface area contributed by atoms with E-state index in [2.05, 4.69) is 36.1 Å². The molecule has 4 rings (SSSR count). The van der Waals surface area contributed by atoms with Gasteiger partial charge in [-0.1, -0.05) is 131 Å². The van der Waals surface area contributed by atoms with Gasteiger partial charge in [-0.25, -0.2) is 0 Å². The summed E-state index contributed by atoms with van der Waals surface area (Å²) >= 11 is 19.4. The molecule has 0 N–H and O–H groups in total. The number of benzene rings is 3. The average molecular weight is 501 g/mol. The van der Waals surface area contributed by atoms with Crippen molar-refractivity contribution in [1.29, 1.82) is 0 Å². The Kier molecular flexibility index (Phi) is 7.02. The molecule has 0 saturated carbocycles. The van der Waals surface area contributed by atoms with E-state index < -0.39 is 3.79 Å². The number of rotatable bonds is 5. The molecular weight excluding hydrogens is 481 g/mol. The standard InChI is InChI=1S/C26H20Cl3NOS/c1-2-30-23(17-22(31)18-13-15-21(16-14-18)26(27,28)29)32-25(20-11-7-4-8-12-20)24(30)19-9-5-3-6-10-19/h3-17H,2H2,1H3. The second kappa shape index (κ2) is 9.76. The number of hydrogen-bond acceptors (Lipinski definition) is 3. The number of carbonyl (C=O) groups excluding carboxylic acids is 1. The molecule has 0 bridgehead atoms. The van der Waals surface area contributed by atoms with Crippen LogP contribution in [-0.4, -0.2) is 17.2 Å². The van der Waals surface area contributed by atoms with Gasteiger partial charge in [0.05, 0.1) is 10.7 Å². The van der Waals surface area contributed by atoms with Crippen molar-refractivity contribution < 1.29 is 4.79 Å². The fraction of sp³-hybridized carbons (Fsp3) is 0.115. The number of allylic oxidation sites excluding steroid dienone is 1. The van der Waals surface area contributed by atoms with Crippen LogP contribution < -0.4 is 0 Å². The zero-order valence-corrected chi connectivity index (χ0v) is 20.3. The van der Waals surface area contributed by atoms with Crippen molar-refractivity contribution in [2.75, 3.05) is 6.54 Å². The maximum absolute atomic E-state index is 13.1. The Morgan fingerprint density at radius 2 is 1.44 bits per heavy atom. The smallest absolute Gasteiger partial charge is 0.216 e. The summed E-state index contributed by atoms with van der Waals surface area (Å²) in [4.78, 5) is 16.4. The Balaban J connectivity index is 1.72. The summed E-state index contributed by atoms with van der Waals surface area (Å²) in [6.07, 6.45) is 1.69. The van der Waals surface area contributed by atoms with Crippen molar-refractivity contribution in [3.63, 3.8) is 0 Å². The third kappa shape index (κ3) is 4.92. The van der Waals surface area contributed by atoms with Gasteiger partial charge in [-0.05, 0) is 18.1 Å². The van der Waals surface area contributed by atoms with Gasteiger partial charge in [0.2, 0.25) is 3.79 Å². The summed E-state index contributed by atoms with van der Waals surface area (Å²) in [5.41, 5.74) is 4.41. The molecule has 2 nitrogen and oxygen atoms in total. The van der Waals surface area contributed by atoms with E-state index in [0.717, 1.165) is 33.3 Å². The third-order valence-electron chi connectivity index (χ3n) is 5.11. The second-order valence-corrected chi connectivity index (χ2v) is 10.5. The van der Waals surface area contributed by atoms with Crippen molar-refractivity contribution in [3.8, 4) is 0 Å². The predicted molar refractivity (Wildman–Crippen MR) is 138 cm³/mol. The van der Waals surface area contributed by atoms with Crippen LogP contribution in [0.1, 0.15) is 34.0 Å². The number of carbonyl (C=O) groups is 1. The SMILES string of the molecule is CCN1C(=CC(=O)c2ccc(C(Cl)(Cl)Cl)cc2)SC(c2ccccc2)=C1c1ccccc1. The summed E-state index contributed by atoms with van der Waals surface area (Å²) in [5, 5.41) is 0.889. The first-order valence-corrected chi connectivity index (χ1v) is 12.1. The minimum absolute atomic E-state index is 0.0939. The van der Waals surface area contributed by atoms with Crippen molar-refractivity contribution in [2.45, 2.75) is 10.7 Å². The minimum Gasteiger partial charge on any atom is -0.335 e. The van der Waals surface area contributed by atoms with E-state index in [1.165, 1.54) is 0 Å².